The first-order chi connectivity index (χ1) is 16.9. The molecule has 0 radical (unpaired) electrons. The molecule has 1 unspecified atom stereocenters. The number of nitrogens with zero attached hydrogens (tertiary/aromatic N) is 3. The summed E-state index contributed by atoms with van der Waals surface area (Å²) in [6.45, 7) is 3.91. The van der Waals surface area contributed by atoms with Crippen molar-refractivity contribution in [1.29, 1.82) is 0 Å². The number of aryl methyl sites for hydroxylation is 1. The molecule has 1 aromatic carbocycles. The van der Waals surface area contributed by atoms with Crippen LogP contribution < -0.4 is 10.9 Å². The van der Waals surface area contributed by atoms with Crippen molar-refractivity contribution in [2.75, 3.05) is 5.32 Å². The molecule has 0 bridgehead atoms. The minimum absolute atomic E-state index is 0.186. The number of amides is 1. The van der Waals surface area contributed by atoms with E-state index in [0.717, 1.165) is 36.8 Å². The topological polar surface area (TPSA) is 66.7 Å². The maximum absolute atomic E-state index is 13.6. The molecule has 8 heteroatoms. The van der Waals surface area contributed by atoms with Crippen LogP contribution in [-0.4, -0.2) is 30.6 Å². The number of benzene rings is 1. The van der Waals surface area contributed by atoms with Crippen LogP contribution in [0.15, 0.2) is 58.4 Å². The van der Waals surface area contributed by atoms with Crippen LogP contribution in [-0.2, 0) is 4.79 Å². The monoisotopic (exact) mass is 504 g/mol. The van der Waals surface area contributed by atoms with Crippen molar-refractivity contribution in [3.05, 3.63) is 80.6 Å². The fourth-order valence-corrected chi connectivity index (χ4v) is 6.22. The summed E-state index contributed by atoms with van der Waals surface area (Å²) in [5.41, 5.74) is 2.75. The maximum atomic E-state index is 13.6. The highest BCUT2D eigenvalue weighted by Gasteiger charge is 2.36. The molecule has 5 rings (SSSR count). The van der Waals surface area contributed by atoms with Gasteiger partial charge in [-0.05, 0) is 50.0 Å². The lowest BCUT2D eigenvalue weighted by molar-refractivity contribution is -0.123. The zero-order valence-corrected chi connectivity index (χ0v) is 21.5. The first-order valence-corrected chi connectivity index (χ1v) is 13.3. The van der Waals surface area contributed by atoms with Gasteiger partial charge < -0.3 is 5.32 Å². The lowest BCUT2D eigenvalue weighted by atomic mass is 9.95. The Hall–Kier alpha value is -2.97. The van der Waals surface area contributed by atoms with Crippen molar-refractivity contribution in [3.63, 3.8) is 0 Å². The Bertz CT molecular complexity index is 1380. The van der Waals surface area contributed by atoms with E-state index in [1.54, 1.807) is 21.6 Å². The molecule has 3 aromatic rings. The predicted octanol–water partition coefficient (Wildman–Crippen LogP) is 5.71. The standard InChI is InChI=1S/C27H28N4O2S2/c1-17-10-9-15-30-24(17)29-23(28-20-13-7-4-8-14-20)21(25(30)32)16-22-26(33)31(27(34)35-22)18(2)19-11-5-3-6-12-19/h3,5-6,9-12,15-16,18,20,28H,4,7-8,13-14H2,1-2H3. The summed E-state index contributed by atoms with van der Waals surface area (Å²) in [6.07, 6.45) is 9.05. The van der Waals surface area contributed by atoms with Crippen LogP contribution in [0.1, 0.15) is 61.8 Å². The molecule has 2 fully saturated rings. The number of thiocarbonyl (C=S) groups is 1. The van der Waals surface area contributed by atoms with Gasteiger partial charge in [0, 0.05) is 12.2 Å². The smallest absolute Gasteiger partial charge is 0.267 e. The molecule has 2 aromatic heterocycles. The van der Waals surface area contributed by atoms with Crippen LogP contribution in [0, 0.1) is 6.92 Å². The van der Waals surface area contributed by atoms with E-state index < -0.39 is 0 Å². The van der Waals surface area contributed by atoms with Crippen molar-refractivity contribution in [1.82, 2.24) is 14.3 Å². The number of rotatable bonds is 5. The number of nitrogens with one attached hydrogen (secondary N) is 1. The molecule has 3 heterocycles. The number of hydrogen-bond donors (Lipinski definition) is 1. The Morgan fingerprint density at radius 3 is 2.60 bits per heavy atom. The van der Waals surface area contributed by atoms with Gasteiger partial charge in [-0.3, -0.25) is 18.9 Å². The molecule has 1 saturated heterocycles. The fraction of sp³-hybridized carbons (Fsp3) is 0.333. The molecule has 1 atom stereocenters. The third kappa shape index (κ3) is 4.65. The average molecular weight is 505 g/mol. The van der Waals surface area contributed by atoms with Gasteiger partial charge in [0.1, 0.15) is 15.8 Å². The van der Waals surface area contributed by atoms with E-state index in [1.165, 1.54) is 18.2 Å². The van der Waals surface area contributed by atoms with Crippen LogP contribution in [0.4, 0.5) is 5.82 Å². The third-order valence-electron chi connectivity index (χ3n) is 6.80. The molecule has 0 spiro atoms. The van der Waals surface area contributed by atoms with Gasteiger partial charge in [0.05, 0.1) is 16.5 Å². The maximum Gasteiger partial charge on any atom is 0.267 e. The van der Waals surface area contributed by atoms with Gasteiger partial charge in [0.25, 0.3) is 11.5 Å². The molecule has 1 aliphatic carbocycles. The van der Waals surface area contributed by atoms with E-state index in [-0.39, 0.29) is 23.6 Å². The number of carbonyl (C=O) groups excluding carboxylic acids is 1. The zero-order chi connectivity index (χ0) is 24.5. The van der Waals surface area contributed by atoms with Crippen LogP contribution in [0.5, 0.6) is 0 Å². The minimum atomic E-state index is -0.201. The van der Waals surface area contributed by atoms with Crippen LogP contribution in [0.2, 0.25) is 0 Å². The molecule has 35 heavy (non-hydrogen) atoms. The third-order valence-corrected chi connectivity index (χ3v) is 8.13. The number of aromatic nitrogens is 2. The number of hydrogen-bond acceptors (Lipinski definition) is 6. The van der Waals surface area contributed by atoms with E-state index in [0.29, 0.717) is 26.3 Å². The van der Waals surface area contributed by atoms with Gasteiger partial charge in [0.2, 0.25) is 0 Å². The van der Waals surface area contributed by atoms with Gasteiger partial charge in [-0.1, -0.05) is 79.6 Å². The summed E-state index contributed by atoms with van der Waals surface area (Å²) in [4.78, 5) is 34.0. The lowest BCUT2D eigenvalue weighted by Gasteiger charge is -2.24. The van der Waals surface area contributed by atoms with E-state index in [2.05, 4.69) is 5.32 Å². The summed E-state index contributed by atoms with van der Waals surface area (Å²) >= 11 is 6.83. The Balaban J connectivity index is 1.56. The molecule has 180 valence electrons. The van der Waals surface area contributed by atoms with Crippen molar-refractivity contribution in [3.8, 4) is 0 Å². The summed E-state index contributed by atoms with van der Waals surface area (Å²) in [5.74, 6) is 0.353. The van der Waals surface area contributed by atoms with E-state index in [1.807, 2.05) is 56.3 Å². The van der Waals surface area contributed by atoms with Gasteiger partial charge >= 0.3 is 0 Å². The molecule has 1 amide bonds. The van der Waals surface area contributed by atoms with Crippen molar-refractivity contribution < 1.29 is 4.79 Å². The zero-order valence-electron chi connectivity index (χ0n) is 19.9. The van der Waals surface area contributed by atoms with Gasteiger partial charge in [0.15, 0.2) is 0 Å². The van der Waals surface area contributed by atoms with Crippen LogP contribution in [0.3, 0.4) is 0 Å². The highest BCUT2D eigenvalue weighted by Crippen LogP contribution is 2.38. The number of thioether (sulfide) groups is 1. The second-order valence-corrected chi connectivity index (χ2v) is 10.9. The summed E-state index contributed by atoms with van der Waals surface area (Å²) in [5, 5.41) is 3.53. The first-order valence-electron chi connectivity index (χ1n) is 12.0. The van der Waals surface area contributed by atoms with Gasteiger partial charge in [-0.2, -0.15) is 0 Å². The molecule has 6 nitrogen and oxygen atoms in total. The Morgan fingerprint density at radius 1 is 1.11 bits per heavy atom. The average Bonchev–Trinajstić information content (AvgIpc) is 3.15. The molecule has 1 aliphatic heterocycles. The largest absolute Gasteiger partial charge is 0.367 e. The number of carbonyl (C=O) groups is 1. The fourth-order valence-electron chi connectivity index (χ4n) is 4.82. The number of anilines is 1. The highest BCUT2D eigenvalue weighted by molar-refractivity contribution is 8.26. The van der Waals surface area contributed by atoms with Crippen molar-refractivity contribution in [2.45, 2.75) is 58.0 Å². The van der Waals surface area contributed by atoms with E-state index in [9.17, 15) is 9.59 Å². The quantitative estimate of drug-likeness (QED) is 0.355. The van der Waals surface area contributed by atoms with E-state index >= 15 is 0 Å². The summed E-state index contributed by atoms with van der Waals surface area (Å²) in [6, 6.07) is 13.7. The highest BCUT2D eigenvalue weighted by atomic mass is 32.2. The predicted molar refractivity (Wildman–Crippen MR) is 147 cm³/mol. The second kappa shape index (κ2) is 9.95. The SMILES string of the molecule is Cc1cccn2c(=O)c(C=C3SC(=S)N(C(C)c4ccccc4)C3=O)c(NC3CCCCC3)nc12. The van der Waals surface area contributed by atoms with Crippen molar-refractivity contribution >= 4 is 51.7 Å². The van der Waals surface area contributed by atoms with E-state index in [4.69, 9.17) is 17.2 Å². The molecule has 1 N–H and O–H groups in total. The van der Waals surface area contributed by atoms with Gasteiger partial charge in [-0.25, -0.2) is 4.98 Å². The molecular formula is C27H28N4O2S2. The molecule has 1 saturated carbocycles. The van der Waals surface area contributed by atoms with Crippen LogP contribution >= 0.6 is 24.0 Å². The summed E-state index contributed by atoms with van der Waals surface area (Å²) < 4.78 is 2.05. The Labute approximate surface area is 214 Å². The lowest BCUT2D eigenvalue weighted by Crippen LogP contribution is -2.31. The molecule has 2 aliphatic rings. The summed E-state index contributed by atoms with van der Waals surface area (Å²) in [7, 11) is 0. The molecular weight excluding hydrogens is 476 g/mol. The first kappa shape index (κ1) is 23.8. The van der Waals surface area contributed by atoms with Crippen LogP contribution in [0.25, 0.3) is 11.7 Å². The minimum Gasteiger partial charge on any atom is -0.367 e. The normalized spacial score (nSPS) is 19.0. The van der Waals surface area contributed by atoms with Gasteiger partial charge in [-0.15, -0.1) is 0 Å². The Kier molecular flexibility index (Phi) is 6.75. The number of fused-ring (bicyclic) bond motifs is 1. The Morgan fingerprint density at radius 2 is 1.86 bits per heavy atom. The number of pyridine rings is 1. The second-order valence-electron chi connectivity index (χ2n) is 9.18. The van der Waals surface area contributed by atoms with Crippen molar-refractivity contribution in [2.24, 2.45) is 0 Å².